The molecule has 0 atom stereocenters. The summed E-state index contributed by atoms with van der Waals surface area (Å²) < 4.78 is 19.3. The highest BCUT2D eigenvalue weighted by Gasteiger charge is 2.21. The summed E-state index contributed by atoms with van der Waals surface area (Å²) in [5.74, 6) is -0.343. The molecule has 1 aromatic heterocycles. The zero-order chi connectivity index (χ0) is 18.8. The first-order valence-corrected chi connectivity index (χ1v) is 8.68. The third-order valence-electron chi connectivity index (χ3n) is 4.48. The van der Waals surface area contributed by atoms with Gasteiger partial charge in [0.2, 0.25) is 5.91 Å². The van der Waals surface area contributed by atoms with E-state index in [4.69, 9.17) is 4.42 Å². The van der Waals surface area contributed by atoms with Crippen molar-refractivity contribution in [3.05, 3.63) is 72.2 Å². The summed E-state index contributed by atoms with van der Waals surface area (Å²) in [4.78, 5) is 25.9. The summed E-state index contributed by atoms with van der Waals surface area (Å²) in [6, 6.07) is 16.4. The second-order valence-corrected chi connectivity index (χ2v) is 6.29. The van der Waals surface area contributed by atoms with Crippen molar-refractivity contribution in [2.24, 2.45) is 0 Å². The Morgan fingerprint density at radius 2 is 1.81 bits per heavy atom. The van der Waals surface area contributed by atoms with Crippen molar-refractivity contribution in [2.75, 3.05) is 16.8 Å². The fraction of sp³-hybridized carbons (Fsp3) is 0.143. The third kappa shape index (κ3) is 3.46. The van der Waals surface area contributed by atoms with Crippen LogP contribution in [-0.2, 0) is 4.79 Å². The smallest absolute Gasteiger partial charge is 0.291 e. The van der Waals surface area contributed by atoms with Gasteiger partial charge in [-0.1, -0.05) is 12.1 Å². The Hall–Kier alpha value is -3.41. The first-order chi connectivity index (χ1) is 13.1. The molecule has 5 nitrogen and oxygen atoms in total. The van der Waals surface area contributed by atoms with Gasteiger partial charge in [-0.25, -0.2) is 4.39 Å². The number of furan rings is 1. The molecule has 1 N–H and O–H groups in total. The molecule has 1 aliphatic rings. The molecule has 0 bridgehead atoms. The van der Waals surface area contributed by atoms with E-state index < -0.39 is 11.7 Å². The fourth-order valence-corrected chi connectivity index (χ4v) is 3.10. The van der Waals surface area contributed by atoms with Gasteiger partial charge in [0.1, 0.15) is 11.6 Å². The predicted molar refractivity (Wildman–Crippen MR) is 100 cm³/mol. The Morgan fingerprint density at radius 1 is 1.04 bits per heavy atom. The van der Waals surface area contributed by atoms with Crippen LogP contribution in [0.4, 0.5) is 15.8 Å². The van der Waals surface area contributed by atoms with Gasteiger partial charge in [0.15, 0.2) is 5.76 Å². The highest BCUT2D eigenvalue weighted by atomic mass is 19.1. The van der Waals surface area contributed by atoms with Crippen LogP contribution in [0.2, 0.25) is 0 Å². The van der Waals surface area contributed by atoms with Gasteiger partial charge < -0.3 is 14.6 Å². The molecule has 4 rings (SSSR count). The van der Waals surface area contributed by atoms with Crippen molar-refractivity contribution in [1.82, 2.24) is 0 Å². The average molecular weight is 364 g/mol. The van der Waals surface area contributed by atoms with Crippen molar-refractivity contribution < 1.29 is 18.4 Å². The molecule has 6 heteroatoms. The Balaban J connectivity index is 1.47. The molecular weight excluding hydrogens is 347 g/mol. The summed E-state index contributed by atoms with van der Waals surface area (Å²) in [6.07, 6.45) is 1.43. The van der Waals surface area contributed by atoms with Crippen molar-refractivity contribution in [1.29, 1.82) is 0 Å². The van der Waals surface area contributed by atoms with Crippen molar-refractivity contribution in [3.63, 3.8) is 0 Å². The molecule has 1 fully saturated rings. The number of carbonyl (C=O) groups is 2. The number of amides is 2. The van der Waals surface area contributed by atoms with E-state index in [1.54, 1.807) is 53.4 Å². The molecule has 2 heterocycles. The first-order valence-electron chi connectivity index (χ1n) is 8.68. The molecule has 2 aromatic carbocycles. The minimum Gasteiger partial charge on any atom is -0.451 e. The maximum Gasteiger partial charge on any atom is 0.291 e. The molecular formula is C21H17FN2O3. The number of hydrogen-bond donors (Lipinski definition) is 1. The van der Waals surface area contributed by atoms with Crippen LogP contribution in [-0.4, -0.2) is 18.4 Å². The van der Waals surface area contributed by atoms with Crippen LogP contribution in [0.25, 0.3) is 11.3 Å². The lowest BCUT2D eigenvalue weighted by Crippen LogP contribution is -2.23. The molecule has 0 unspecified atom stereocenters. The number of rotatable bonds is 4. The van der Waals surface area contributed by atoms with E-state index in [0.29, 0.717) is 23.4 Å². The van der Waals surface area contributed by atoms with Crippen LogP contribution in [0, 0.1) is 5.82 Å². The number of halogens is 1. The van der Waals surface area contributed by atoms with E-state index in [1.807, 2.05) is 0 Å². The Kier molecular flexibility index (Phi) is 4.46. The normalized spacial score (nSPS) is 13.8. The number of nitrogens with zero attached hydrogens (tertiary/aromatic N) is 1. The lowest BCUT2D eigenvalue weighted by molar-refractivity contribution is -0.117. The highest BCUT2D eigenvalue weighted by Crippen LogP contribution is 2.26. The van der Waals surface area contributed by atoms with Crippen molar-refractivity contribution >= 4 is 23.2 Å². The van der Waals surface area contributed by atoms with E-state index in [9.17, 15) is 14.0 Å². The lowest BCUT2D eigenvalue weighted by Gasteiger charge is -2.15. The molecule has 1 aliphatic heterocycles. The SMILES string of the molecule is O=C(Nc1ccc(N2CCCC2=O)cc1)c1ccc(-c2ccccc2F)o1. The second-order valence-electron chi connectivity index (χ2n) is 6.29. The van der Waals surface area contributed by atoms with Crippen LogP contribution in [0.5, 0.6) is 0 Å². The number of benzene rings is 2. The van der Waals surface area contributed by atoms with Crippen LogP contribution in [0.15, 0.2) is 65.1 Å². The predicted octanol–water partition coefficient (Wildman–Crippen LogP) is 4.46. The molecule has 136 valence electrons. The standard InChI is InChI=1S/C21H17FN2O3/c22-17-5-2-1-4-16(17)18-11-12-19(27-18)21(26)23-14-7-9-15(10-8-14)24-13-3-6-20(24)25/h1-2,4-5,7-12H,3,6,13H2,(H,23,26). The van der Waals surface area contributed by atoms with Gasteiger partial charge in [-0.2, -0.15) is 0 Å². The fourth-order valence-electron chi connectivity index (χ4n) is 3.10. The molecule has 1 saturated heterocycles. The number of anilines is 2. The zero-order valence-electron chi connectivity index (χ0n) is 14.4. The molecule has 0 spiro atoms. The largest absolute Gasteiger partial charge is 0.451 e. The van der Waals surface area contributed by atoms with Gasteiger partial charge in [0, 0.05) is 24.3 Å². The molecule has 2 amide bonds. The molecule has 27 heavy (non-hydrogen) atoms. The van der Waals surface area contributed by atoms with E-state index in [1.165, 1.54) is 12.1 Å². The Labute approximate surface area is 155 Å². The lowest BCUT2D eigenvalue weighted by atomic mass is 10.1. The summed E-state index contributed by atoms with van der Waals surface area (Å²) in [6.45, 7) is 0.718. The maximum atomic E-state index is 13.8. The van der Waals surface area contributed by atoms with Gasteiger partial charge in [-0.15, -0.1) is 0 Å². The topological polar surface area (TPSA) is 62.6 Å². The Bertz CT molecular complexity index is 995. The first kappa shape index (κ1) is 17.0. The van der Waals surface area contributed by atoms with E-state index >= 15 is 0 Å². The minimum absolute atomic E-state index is 0.0899. The molecule has 0 aliphatic carbocycles. The average Bonchev–Trinajstić information content (AvgIpc) is 3.32. The van der Waals surface area contributed by atoms with E-state index in [2.05, 4.69) is 5.32 Å². The van der Waals surface area contributed by atoms with Gasteiger partial charge in [-0.05, 0) is 55.0 Å². The van der Waals surface area contributed by atoms with Gasteiger partial charge in [0.05, 0.1) is 5.56 Å². The van der Waals surface area contributed by atoms with E-state index in [-0.39, 0.29) is 11.7 Å². The Morgan fingerprint density at radius 3 is 2.52 bits per heavy atom. The van der Waals surface area contributed by atoms with Crippen LogP contribution < -0.4 is 10.2 Å². The number of nitrogens with one attached hydrogen (secondary N) is 1. The summed E-state index contributed by atoms with van der Waals surface area (Å²) in [7, 11) is 0. The molecule has 0 saturated carbocycles. The number of carbonyl (C=O) groups excluding carboxylic acids is 2. The van der Waals surface area contributed by atoms with E-state index in [0.717, 1.165) is 18.7 Å². The quantitative estimate of drug-likeness (QED) is 0.743. The highest BCUT2D eigenvalue weighted by molar-refractivity contribution is 6.03. The maximum absolute atomic E-state index is 13.8. The zero-order valence-corrected chi connectivity index (χ0v) is 14.4. The summed E-state index contributed by atoms with van der Waals surface area (Å²) in [5, 5.41) is 2.74. The van der Waals surface area contributed by atoms with Crippen LogP contribution >= 0.6 is 0 Å². The monoisotopic (exact) mass is 364 g/mol. The van der Waals surface area contributed by atoms with Gasteiger partial charge in [0.25, 0.3) is 5.91 Å². The van der Waals surface area contributed by atoms with Gasteiger partial charge >= 0.3 is 0 Å². The minimum atomic E-state index is -0.428. The van der Waals surface area contributed by atoms with Crippen molar-refractivity contribution in [2.45, 2.75) is 12.8 Å². The summed E-state index contributed by atoms with van der Waals surface area (Å²) in [5.41, 5.74) is 1.70. The van der Waals surface area contributed by atoms with Crippen molar-refractivity contribution in [3.8, 4) is 11.3 Å². The molecule has 3 aromatic rings. The molecule has 0 radical (unpaired) electrons. The third-order valence-corrected chi connectivity index (χ3v) is 4.48. The van der Waals surface area contributed by atoms with Crippen LogP contribution in [0.1, 0.15) is 23.4 Å². The second kappa shape index (κ2) is 7.07. The van der Waals surface area contributed by atoms with Gasteiger partial charge in [-0.3, -0.25) is 9.59 Å². The van der Waals surface area contributed by atoms with Crippen LogP contribution in [0.3, 0.4) is 0 Å². The summed E-state index contributed by atoms with van der Waals surface area (Å²) >= 11 is 0. The number of hydrogen-bond acceptors (Lipinski definition) is 3.